The first kappa shape index (κ1) is 16.8. The Kier molecular flexibility index (Phi) is 4.85. The molecular formula is C18H19N3O4. The molecule has 0 aliphatic heterocycles. The number of carbonyl (C=O) groups is 1. The molecule has 0 saturated heterocycles. The number of anilines is 1. The van der Waals surface area contributed by atoms with Crippen molar-refractivity contribution in [1.82, 2.24) is 9.97 Å². The Morgan fingerprint density at radius 1 is 1.08 bits per heavy atom. The van der Waals surface area contributed by atoms with Crippen LogP contribution in [0.4, 0.5) is 5.69 Å². The topological polar surface area (TPSA) is 85.5 Å². The molecule has 1 heterocycles. The van der Waals surface area contributed by atoms with E-state index in [1.165, 1.54) is 7.11 Å². The van der Waals surface area contributed by atoms with Gasteiger partial charge in [-0.25, -0.2) is 4.98 Å². The van der Waals surface area contributed by atoms with Gasteiger partial charge in [-0.15, -0.1) is 0 Å². The molecule has 7 nitrogen and oxygen atoms in total. The van der Waals surface area contributed by atoms with Crippen LogP contribution in [-0.2, 0) is 11.3 Å². The van der Waals surface area contributed by atoms with E-state index < -0.39 is 0 Å². The minimum atomic E-state index is -0.239. The number of imidazole rings is 1. The number of hydrogen-bond donors (Lipinski definition) is 2. The third-order valence-corrected chi connectivity index (χ3v) is 3.72. The molecule has 0 radical (unpaired) electrons. The molecule has 2 N–H and O–H groups in total. The molecule has 3 rings (SSSR count). The summed E-state index contributed by atoms with van der Waals surface area (Å²) in [6, 6.07) is 10.5. The second kappa shape index (κ2) is 7.23. The number of nitrogens with zero attached hydrogens (tertiary/aromatic N) is 1. The Bertz CT molecular complexity index is 904. The quantitative estimate of drug-likeness (QED) is 0.720. The fraction of sp³-hybridized carbons (Fsp3) is 0.222. The highest BCUT2D eigenvalue weighted by Gasteiger charge is 2.12. The van der Waals surface area contributed by atoms with E-state index in [1.54, 1.807) is 38.5 Å². The highest BCUT2D eigenvalue weighted by Crippen LogP contribution is 2.28. The largest absolute Gasteiger partial charge is 0.493 e. The monoisotopic (exact) mass is 341 g/mol. The number of fused-ring (bicyclic) bond motifs is 1. The number of methoxy groups -OCH3 is 3. The Labute approximate surface area is 144 Å². The number of nitrogens with one attached hydrogen (secondary N) is 2. The second-order valence-electron chi connectivity index (χ2n) is 5.37. The summed E-state index contributed by atoms with van der Waals surface area (Å²) >= 11 is 0. The van der Waals surface area contributed by atoms with Gasteiger partial charge in [0.05, 0.1) is 25.3 Å². The van der Waals surface area contributed by atoms with Gasteiger partial charge in [0.2, 0.25) is 0 Å². The van der Waals surface area contributed by atoms with Gasteiger partial charge in [-0.3, -0.25) is 4.79 Å². The third kappa shape index (κ3) is 3.56. The molecule has 25 heavy (non-hydrogen) atoms. The van der Waals surface area contributed by atoms with Crippen molar-refractivity contribution in [2.45, 2.75) is 6.61 Å². The van der Waals surface area contributed by atoms with Crippen LogP contribution < -0.4 is 14.8 Å². The number of hydrogen-bond acceptors (Lipinski definition) is 5. The number of rotatable bonds is 6. The number of H-pyrrole nitrogens is 1. The minimum absolute atomic E-state index is 0.239. The first-order chi connectivity index (χ1) is 12.1. The number of aromatic nitrogens is 2. The summed E-state index contributed by atoms with van der Waals surface area (Å²) in [6.45, 7) is 0.405. The molecule has 0 saturated carbocycles. The molecule has 1 aromatic heterocycles. The van der Waals surface area contributed by atoms with Crippen LogP contribution in [0.2, 0.25) is 0 Å². The van der Waals surface area contributed by atoms with Gasteiger partial charge in [-0.05, 0) is 36.4 Å². The van der Waals surface area contributed by atoms with Gasteiger partial charge in [0, 0.05) is 18.4 Å². The molecule has 0 aliphatic rings. The van der Waals surface area contributed by atoms with Crippen molar-refractivity contribution in [3.05, 3.63) is 47.8 Å². The van der Waals surface area contributed by atoms with Crippen molar-refractivity contribution in [1.29, 1.82) is 0 Å². The molecule has 0 aliphatic carbocycles. The Hall–Kier alpha value is -3.06. The summed E-state index contributed by atoms with van der Waals surface area (Å²) in [5.74, 6) is 1.57. The van der Waals surface area contributed by atoms with Crippen LogP contribution in [0.5, 0.6) is 11.5 Å². The fourth-order valence-electron chi connectivity index (χ4n) is 2.53. The number of aromatic amines is 1. The van der Waals surface area contributed by atoms with Gasteiger partial charge in [0.25, 0.3) is 5.91 Å². The van der Waals surface area contributed by atoms with Gasteiger partial charge < -0.3 is 24.5 Å². The molecule has 0 spiro atoms. The van der Waals surface area contributed by atoms with Crippen molar-refractivity contribution in [2.24, 2.45) is 0 Å². The van der Waals surface area contributed by atoms with Gasteiger partial charge in [0.15, 0.2) is 11.5 Å². The molecule has 2 aromatic carbocycles. The molecule has 7 heteroatoms. The van der Waals surface area contributed by atoms with E-state index in [2.05, 4.69) is 15.3 Å². The number of amides is 1. The molecule has 0 fully saturated rings. The lowest BCUT2D eigenvalue weighted by molar-refractivity contribution is 0.102. The normalized spacial score (nSPS) is 10.7. The van der Waals surface area contributed by atoms with Crippen LogP contribution in [0.1, 0.15) is 16.2 Å². The van der Waals surface area contributed by atoms with Crippen LogP contribution in [-0.4, -0.2) is 37.2 Å². The zero-order chi connectivity index (χ0) is 17.8. The third-order valence-electron chi connectivity index (χ3n) is 3.72. The maximum atomic E-state index is 12.5. The van der Waals surface area contributed by atoms with Crippen LogP contribution >= 0.6 is 0 Å². The first-order valence-corrected chi connectivity index (χ1v) is 7.65. The number of ether oxygens (including phenoxy) is 3. The van der Waals surface area contributed by atoms with E-state index in [0.29, 0.717) is 29.4 Å². The van der Waals surface area contributed by atoms with E-state index in [-0.39, 0.29) is 5.91 Å². The van der Waals surface area contributed by atoms with Gasteiger partial charge in [0.1, 0.15) is 12.4 Å². The van der Waals surface area contributed by atoms with Crippen LogP contribution in [0.3, 0.4) is 0 Å². The van der Waals surface area contributed by atoms with Crippen LogP contribution in [0.15, 0.2) is 36.4 Å². The average Bonchev–Trinajstić information content (AvgIpc) is 3.03. The maximum Gasteiger partial charge on any atom is 0.255 e. The summed E-state index contributed by atoms with van der Waals surface area (Å²) in [6.07, 6.45) is 0. The Morgan fingerprint density at radius 2 is 1.88 bits per heavy atom. The zero-order valence-electron chi connectivity index (χ0n) is 14.3. The van der Waals surface area contributed by atoms with E-state index in [9.17, 15) is 4.79 Å². The van der Waals surface area contributed by atoms with E-state index >= 15 is 0 Å². The molecular weight excluding hydrogens is 322 g/mol. The summed E-state index contributed by atoms with van der Waals surface area (Å²) in [7, 11) is 4.69. The molecule has 0 bridgehead atoms. The first-order valence-electron chi connectivity index (χ1n) is 7.65. The Morgan fingerprint density at radius 3 is 2.60 bits per heavy atom. The molecule has 0 unspecified atom stereocenters. The van der Waals surface area contributed by atoms with E-state index in [1.807, 2.05) is 12.1 Å². The van der Waals surface area contributed by atoms with E-state index in [4.69, 9.17) is 14.2 Å². The van der Waals surface area contributed by atoms with Gasteiger partial charge >= 0.3 is 0 Å². The van der Waals surface area contributed by atoms with Crippen LogP contribution in [0.25, 0.3) is 11.0 Å². The lowest BCUT2D eigenvalue weighted by Gasteiger charge is -2.10. The molecule has 0 atom stereocenters. The molecule has 3 aromatic rings. The molecule has 130 valence electrons. The van der Waals surface area contributed by atoms with Crippen LogP contribution in [0, 0.1) is 0 Å². The van der Waals surface area contributed by atoms with Gasteiger partial charge in [-0.1, -0.05) is 0 Å². The maximum absolute atomic E-state index is 12.5. The van der Waals surface area contributed by atoms with Crippen molar-refractivity contribution in [3.8, 4) is 11.5 Å². The lowest BCUT2D eigenvalue weighted by Crippen LogP contribution is -2.12. The van der Waals surface area contributed by atoms with Crippen molar-refractivity contribution in [3.63, 3.8) is 0 Å². The summed E-state index contributed by atoms with van der Waals surface area (Å²) in [5.41, 5.74) is 2.79. The fourth-order valence-corrected chi connectivity index (χ4v) is 2.53. The highest BCUT2D eigenvalue weighted by molar-refractivity contribution is 6.05. The molecule has 1 amide bonds. The Balaban J connectivity index is 1.81. The minimum Gasteiger partial charge on any atom is -0.493 e. The summed E-state index contributed by atoms with van der Waals surface area (Å²) < 4.78 is 15.5. The van der Waals surface area contributed by atoms with Crippen molar-refractivity contribution in [2.75, 3.05) is 26.6 Å². The highest BCUT2D eigenvalue weighted by atomic mass is 16.5. The second-order valence-corrected chi connectivity index (χ2v) is 5.37. The zero-order valence-corrected chi connectivity index (χ0v) is 14.3. The van der Waals surface area contributed by atoms with Crippen molar-refractivity contribution < 1.29 is 19.0 Å². The predicted octanol–water partition coefficient (Wildman–Crippen LogP) is 2.98. The van der Waals surface area contributed by atoms with E-state index in [0.717, 1.165) is 16.9 Å². The van der Waals surface area contributed by atoms with Crippen molar-refractivity contribution >= 4 is 22.6 Å². The SMILES string of the molecule is COCc1nc2ccc(NC(=O)c3ccc(OC)c(OC)c3)cc2[nH]1. The van der Waals surface area contributed by atoms with Gasteiger partial charge in [-0.2, -0.15) is 0 Å². The summed E-state index contributed by atoms with van der Waals surface area (Å²) in [4.78, 5) is 20.0. The lowest BCUT2D eigenvalue weighted by atomic mass is 10.1. The number of carbonyl (C=O) groups excluding carboxylic acids is 1. The summed E-state index contributed by atoms with van der Waals surface area (Å²) in [5, 5.41) is 2.87. The standard InChI is InChI=1S/C18H19N3O4/c1-23-10-17-20-13-6-5-12(9-14(13)21-17)19-18(22)11-4-7-15(24-2)16(8-11)25-3/h4-9H,10H2,1-3H3,(H,19,22)(H,20,21). The average molecular weight is 341 g/mol. The smallest absolute Gasteiger partial charge is 0.255 e. The number of benzene rings is 2. The predicted molar refractivity (Wildman–Crippen MR) is 94.3 cm³/mol.